The first-order valence-corrected chi connectivity index (χ1v) is 7.89. The van der Waals surface area contributed by atoms with Crippen molar-refractivity contribution in [3.63, 3.8) is 0 Å². The summed E-state index contributed by atoms with van der Waals surface area (Å²) in [6, 6.07) is 9.11. The molecular formula is C15H25NOS. The third-order valence-corrected chi connectivity index (χ3v) is 4.01. The molecule has 0 aromatic heterocycles. The van der Waals surface area contributed by atoms with E-state index in [9.17, 15) is 0 Å². The molecule has 3 heteroatoms. The molecule has 0 bridgehead atoms. The number of benzene rings is 1. The van der Waals surface area contributed by atoms with Crippen LogP contribution in [0.4, 0.5) is 0 Å². The second-order valence-electron chi connectivity index (χ2n) is 4.67. The molecule has 1 atom stereocenters. The van der Waals surface area contributed by atoms with Crippen molar-refractivity contribution in [1.82, 2.24) is 5.32 Å². The first-order chi connectivity index (χ1) is 8.76. The maximum atomic E-state index is 9.04. The lowest BCUT2D eigenvalue weighted by atomic mass is 10.2. The normalized spacial score (nSPS) is 12.6. The monoisotopic (exact) mass is 267 g/mol. The molecule has 102 valence electrons. The molecule has 1 unspecified atom stereocenters. The Kier molecular flexibility index (Phi) is 8.14. The highest BCUT2D eigenvalue weighted by atomic mass is 32.2. The third-order valence-electron chi connectivity index (χ3n) is 2.83. The maximum absolute atomic E-state index is 9.04. The second kappa shape index (κ2) is 9.42. The van der Waals surface area contributed by atoms with Gasteiger partial charge in [0.25, 0.3) is 0 Å². The van der Waals surface area contributed by atoms with E-state index in [4.69, 9.17) is 5.11 Å². The SMILES string of the molecule is CCCNC(CCO)CSCc1cccc(C)c1. The lowest BCUT2D eigenvalue weighted by Gasteiger charge is -2.17. The summed E-state index contributed by atoms with van der Waals surface area (Å²) in [6.07, 6.45) is 1.99. The highest BCUT2D eigenvalue weighted by Crippen LogP contribution is 2.15. The van der Waals surface area contributed by atoms with Gasteiger partial charge in [0.1, 0.15) is 0 Å². The quantitative estimate of drug-likeness (QED) is 0.721. The van der Waals surface area contributed by atoms with E-state index in [0.29, 0.717) is 6.04 Å². The second-order valence-corrected chi connectivity index (χ2v) is 5.70. The van der Waals surface area contributed by atoms with Gasteiger partial charge in [0.15, 0.2) is 0 Å². The molecule has 2 N–H and O–H groups in total. The topological polar surface area (TPSA) is 32.3 Å². The molecule has 0 radical (unpaired) electrons. The van der Waals surface area contributed by atoms with Crippen molar-refractivity contribution >= 4 is 11.8 Å². The molecule has 0 aliphatic carbocycles. The molecule has 0 aliphatic rings. The molecule has 1 aromatic rings. The van der Waals surface area contributed by atoms with Gasteiger partial charge in [-0.15, -0.1) is 0 Å². The Balaban J connectivity index is 2.29. The van der Waals surface area contributed by atoms with Crippen molar-refractivity contribution in [2.45, 2.75) is 38.5 Å². The van der Waals surface area contributed by atoms with Crippen LogP contribution in [0.5, 0.6) is 0 Å². The van der Waals surface area contributed by atoms with Crippen molar-refractivity contribution in [3.8, 4) is 0 Å². The molecule has 0 fully saturated rings. The van der Waals surface area contributed by atoms with Crippen LogP contribution in [0.3, 0.4) is 0 Å². The Morgan fingerprint density at radius 2 is 2.22 bits per heavy atom. The lowest BCUT2D eigenvalue weighted by molar-refractivity contribution is 0.270. The zero-order valence-corrected chi connectivity index (χ0v) is 12.3. The summed E-state index contributed by atoms with van der Waals surface area (Å²) >= 11 is 1.94. The average Bonchev–Trinajstić information content (AvgIpc) is 2.36. The summed E-state index contributed by atoms with van der Waals surface area (Å²) in [4.78, 5) is 0. The molecule has 2 nitrogen and oxygen atoms in total. The van der Waals surface area contributed by atoms with Gasteiger partial charge in [-0.05, 0) is 31.9 Å². The third kappa shape index (κ3) is 6.43. The average molecular weight is 267 g/mol. The minimum atomic E-state index is 0.270. The molecular weight excluding hydrogens is 242 g/mol. The molecule has 0 amide bonds. The summed E-state index contributed by atoms with van der Waals surface area (Å²) in [5, 5.41) is 12.5. The van der Waals surface area contributed by atoms with Gasteiger partial charge < -0.3 is 10.4 Å². The number of thioether (sulfide) groups is 1. The van der Waals surface area contributed by atoms with Gasteiger partial charge in [-0.1, -0.05) is 36.8 Å². The fraction of sp³-hybridized carbons (Fsp3) is 0.600. The standard InChI is InChI=1S/C15H25NOS/c1-3-8-16-15(7-9-17)12-18-11-14-6-4-5-13(2)10-14/h4-6,10,15-17H,3,7-9,11-12H2,1-2H3. The van der Waals surface area contributed by atoms with E-state index in [1.807, 2.05) is 11.8 Å². The van der Waals surface area contributed by atoms with Crippen LogP contribution in [0.15, 0.2) is 24.3 Å². The van der Waals surface area contributed by atoms with Gasteiger partial charge in [-0.2, -0.15) is 11.8 Å². The van der Waals surface area contributed by atoms with Crippen molar-refractivity contribution < 1.29 is 5.11 Å². The van der Waals surface area contributed by atoms with Gasteiger partial charge >= 0.3 is 0 Å². The van der Waals surface area contributed by atoms with Gasteiger partial charge in [0.2, 0.25) is 0 Å². The highest BCUT2D eigenvalue weighted by molar-refractivity contribution is 7.98. The predicted molar refractivity (Wildman–Crippen MR) is 81.1 cm³/mol. The smallest absolute Gasteiger partial charge is 0.0446 e. The number of hydrogen-bond acceptors (Lipinski definition) is 3. The highest BCUT2D eigenvalue weighted by Gasteiger charge is 2.07. The number of rotatable bonds is 9. The van der Waals surface area contributed by atoms with Crippen LogP contribution in [0.1, 0.15) is 30.9 Å². The van der Waals surface area contributed by atoms with Crippen LogP contribution in [0.2, 0.25) is 0 Å². The van der Waals surface area contributed by atoms with Crippen molar-refractivity contribution in [2.75, 3.05) is 18.9 Å². The van der Waals surface area contributed by atoms with E-state index < -0.39 is 0 Å². The Labute approximate surface area is 115 Å². The fourth-order valence-electron chi connectivity index (χ4n) is 1.87. The number of aryl methyl sites for hydroxylation is 1. The predicted octanol–water partition coefficient (Wildman–Crippen LogP) is 2.98. The Morgan fingerprint density at radius 1 is 1.39 bits per heavy atom. The summed E-state index contributed by atoms with van der Waals surface area (Å²) in [7, 11) is 0. The molecule has 1 aromatic carbocycles. The lowest BCUT2D eigenvalue weighted by Crippen LogP contribution is -2.32. The fourth-order valence-corrected chi connectivity index (χ4v) is 2.97. The number of hydrogen-bond donors (Lipinski definition) is 2. The summed E-state index contributed by atoms with van der Waals surface area (Å²) < 4.78 is 0. The molecule has 0 spiro atoms. The van der Waals surface area contributed by atoms with Gasteiger partial charge in [-0.3, -0.25) is 0 Å². The largest absolute Gasteiger partial charge is 0.396 e. The minimum absolute atomic E-state index is 0.270. The summed E-state index contributed by atoms with van der Waals surface area (Å²) in [5.41, 5.74) is 2.71. The van der Waals surface area contributed by atoms with Crippen LogP contribution in [0.25, 0.3) is 0 Å². The maximum Gasteiger partial charge on any atom is 0.0446 e. The van der Waals surface area contributed by atoms with Crippen LogP contribution >= 0.6 is 11.8 Å². The molecule has 0 saturated carbocycles. The van der Waals surface area contributed by atoms with E-state index in [-0.39, 0.29) is 6.61 Å². The van der Waals surface area contributed by atoms with E-state index in [0.717, 1.165) is 30.9 Å². The van der Waals surface area contributed by atoms with E-state index >= 15 is 0 Å². The van der Waals surface area contributed by atoms with Gasteiger partial charge in [0.05, 0.1) is 0 Å². The molecule has 0 aliphatic heterocycles. The Hall–Kier alpha value is -0.510. The van der Waals surface area contributed by atoms with Gasteiger partial charge in [-0.25, -0.2) is 0 Å². The number of nitrogens with one attached hydrogen (secondary N) is 1. The van der Waals surface area contributed by atoms with Crippen LogP contribution < -0.4 is 5.32 Å². The van der Waals surface area contributed by atoms with Crippen molar-refractivity contribution in [2.24, 2.45) is 0 Å². The Morgan fingerprint density at radius 3 is 2.89 bits per heavy atom. The first-order valence-electron chi connectivity index (χ1n) is 6.73. The minimum Gasteiger partial charge on any atom is -0.396 e. The molecule has 18 heavy (non-hydrogen) atoms. The van der Waals surface area contributed by atoms with Crippen molar-refractivity contribution in [1.29, 1.82) is 0 Å². The van der Waals surface area contributed by atoms with Crippen LogP contribution in [-0.4, -0.2) is 30.1 Å². The van der Waals surface area contributed by atoms with Crippen LogP contribution in [0, 0.1) is 6.92 Å². The van der Waals surface area contributed by atoms with E-state index in [2.05, 4.69) is 43.4 Å². The zero-order valence-electron chi connectivity index (χ0n) is 11.5. The summed E-state index contributed by atoms with van der Waals surface area (Å²) in [5.74, 6) is 2.12. The molecule has 0 saturated heterocycles. The molecule has 0 heterocycles. The number of aliphatic hydroxyl groups is 1. The van der Waals surface area contributed by atoms with Gasteiger partial charge in [0, 0.05) is 24.2 Å². The van der Waals surface area contributed by atoms with Crippen molar-refractivity contribution in [3.05, 3.63) is 35.4 Å². The van der Waals surface area contributed by atoms with E-state index in [1.54, 1.807) is 0 Å². The number of aliphatic hydroxyl groups excluding tert-OH is 1. The molecule has 1 rings (SSSR count). The first kappa shape index (κ1) is 15.5. The summed E-state index contributed by atoms with van der Waals surface area (Å²) in [6.45, 7) is 5.61. The van der Waals surface area contributed by atoms with E-state index in [1.165, 1.54) is 11.1 Å². The van der Waals surface area contributed by atoms with Crippen LogP contribution in [-0.2, 0) is 5.75 Å². The Bertz CT molecular complexity index is 330. The zero-order chi connectivity index (χ0) is 13.2.